The molecule has 1 aliphatic heterocycles. The summed E-state index contributed by atoms with van der Waals surface area (Å²) in [5.74, 6) is -0.361. The Morgan fingerprint density at radius 2 is 1.96 bits per heavy atom. The molecule has 4 nitrogen and oxygen atoms in total. The molecule has 1 atom stereocenters. The second-order valence-electron chi connectivity index (χ2n) is 5.57. The van der Waals surface area contributed by atoms with Gasteiger partial charge in [-0.3, -0.25) is 0 Å². The first-order valence-electron chi connectivity index (χ1n) is 7.64. The van der Waals surface area contributed by atoms with Gasteiger partial charge in [0, 0.05) is 24.5 Å². The molecule has 1 aliphatic rings. The molecule has 0 amide bonds. The van der Waals surface area contributed by atoms with E-state index in [1.165, 1.54) is 16.4 Å². The molecular weight excluding hydrogens is 347 g/mol. The number of halogens is 1. The minimum Gasteiger partial charge on any atom is -0.313 e. The molecule has 0 aliphatic carbocycles. The molecule has 1 unspecified atom stereocenters. The van der Waals surface area contributed by atoms with E-state index < -0.39 is 16.1 Å². The van der Waals surface area contributed by atoms with Crippen molar-refractivity contribution < 1.29 is 12.8 Å². The van der Waals surface area contributed by atoms with Crippen LogP contribution in [-0.4, -0.2) is 38.6 Å². The van der Waals surface area contributed by atoms with Crippen molar-refractivity contribution in [1.29, 1.82) is 0 Å². The van der Waals surface area contributed by atoms with Crippen LogP contribution in [0.5, 0.6) is 0 Å². The number of piperazine rings is 1. The van der Waals surface area contributed by atoms with Crippen molar-refractivity contribution in [2.24, 2.45) is 0 Å². The molecule has 1 N–H and O–H groups in total. The van der Waals surface area contributed by atoms with E-state index in [2.05, 4.69) is 5.32 Å². The van der Waals surface area contributed by atoms with Crippen LogP contribution in [0.15, 0.2) is 58.3 Å². The first kappa shape index (κ1) is 17.4. The van der Waals surface area contributed by atoms with Gasteiger partial charge < -0.3 is 5.32 Å². The summed E-state index contributed by atoms with van der Waals surface area (Å²) < 4.78 is 41.1. The van der Waals surface area contributed by atoms with Crippen LogP contribution >= 0.6 is 11.8 Å². The molecule has 128 valence electrons. The molecule has 7 heteroatoms. The number of hydrogen-bond acceptors (Lipinski definition) is 4. The van der Waals surface area contributed by atoms with Gasteiger partial charge in [-0.15, -0.1) is 11.8 Å². The van der Waals surface area contributed by atoms with Crippen LogP contribution in [0, 0.1) is 5.82 Å². The van der Waals surface area contributed by atoms with Crippen molar-refractivity contribution in [1.82, 2.24) is 9.62 Å². The van der Waals surface area contributed by atoms with Crippen LogP contribution < -0.4 is 5.32 Å². The summed E-state index contributed by atoms with van der Waals surface area (Å²) in [6.45, 7) is 1.40. The molecular formula is C17H19FN2O2S2. The van der Waals surface area contributed by atoms with Crippen LogP contribution in [0.25, 0.3) is 0 Å². The zero-order valence-corrected chi connectivity index (χ0v) is 14.9. The zero-order valence-electron chi connectivity index (χ0n) is 13.3. The number of benzene rings is 2. The van der Waals surface area contributed by atoms with Gasteiger partial charge in [-0.25, -0.2) is 12.8 Å². The predicted octanol–water partition coefficient (Wildman–Crippen LogP) is 2.88. The third kappa shape index (κ3) is 3.49. The average Bonchev–Trinajstić information content (AvgIpc) is 2.62. The standard InChI is InChI=1S/C17H19FN2O2S2/c1-23-15-5-7-16(8-6-15)24(21,22)20-10-9-19-12-17(20)13-3-2-4-14(18)11-13/h2-8,11,17,19H,9-10,12H2,1H3. The SMILES string of the molecule is CSc1ccc(S(=O)(=O)N2CCNCC2c2cccc(F)c2)cc1. The minimum atomic E-state index is -3.64. The summed E-state index contributed by atoms with van der Waals surface area (Å²) >= 11 is 1.56. The Balaban J connectivity index is 1.96. The van der Waals surface area contributed by atoms with E-state index >= 15 is 0 Å². The van der Waals surface area contributed by atoms with Gasteiger partial charge in [0.2, 0.25) is 10.0 Å². The molecule has 1 saturated heterocycles. The molecule has 0 radical (unpaired) electrons. The highest BCUT2D eigenvalue weighted by atomic mass is 32.2. The molecule has 0 saturated carbocycles. The lowest BCUT2D eigenvalue weighted by atomic mass is 10.1. The minimum absolute atomic E-state index is 0.267. The van der Waals surface area contributed by atoms with Gasteiger partial charge in [-0.05, 0) is 48.2 Å². The maximum atomic E-state index is 13.6. The van der Waals surface area contributed by atoms with E-state index in [9.17, 15) is 12.8 Å². The third-order valence-electron chi connectivity index (χ3n) is 4.09. The zero-order chi connectivity index (χ0) is 17.2. The largest absolute Gasteiger partial charge is 0.313 e. The quantitative estimate of drug-likeness (QED) is 0.846. The Morgan fingerprint density at radius 3 is 2.62 bits per heavy atom. The molecule has 1 fully saturated rings. The lowest BCUT2D eigenvalue weighted by Crippen LogP contribution is -2.48. The Labute approximate surface area is 146 Å². The summed E-state index contributed by atoms with van der Waals surface area (Å²) in [6, 6.07) is 12.6. The van der Waals surface area contributed by atoms with Crippen LogP contribution in [0.3, 0.4) is 0 Å². The van der Waals surface area contributed by atoms with Crippen molar-refractivity contribution in [3.63, 3.8) is 0 Å². The monoisotopic (exact) mass is 366 g/mol. The van der Waals surface area contributed by atoms with Gasteiger partial charge in [-0.2, -0.15) is 4.31 Å². The Bertz CT molecular complexity index is 810. The van der Waals surface area contributed by atoms with Crippen molar-refractivity contribution in [2.75, 3.05) is 25.9 Å². The fraction of sp³-hybridized carbons (Fsp3) is 0.294. The van der Waals surface area contributed by atoms with Gasteiger partial charge >= 0.3 is 0 Å². The van der Waals surface area contributed by atoms with Gasteiger partial charge in [0.15, 0.2) is 0 Å². The fourth-order valence-corrected chi connectivity index (χ4v) is 4.88. The number of rotatable bonds is 4. The van der Waals surface area contributed by atoms with E-state index in [1.807, 2.05) is 6.26 Å². The molecule has 24 heavy (non-hydrogen) atoms. The topological polar surface area (TPSA) is 49.4 Å². The van der Waals surface area contributed by atoms with E-state index in [-0.39, 0.29) is 10.7 Å². The van der Waals surface area contributed by atoms with E-state index in [0.717, 1.165) is 4.90 Å². The van der Waals surface area contributed by atoms with Gasteiger partial charge in [-0.1, -0.05) is 12.1 Å². The van der Waals surface area contributed by atoms with Crippen molar-refractivity contribution >= 4 is 21.8 Å². The van der Waals surface area contributed by atoms with Crippen LogP contribution in [0.2, 0.25) is 0 Å². The van der Waals surface area contributed by atoms with Crippen molar-refractivity contribution in [3.05, 3.63) is 59.9 Å². The van der Waals surface area contributed by atoms with Crippen LogP contribution in [0.1, 0.15) is 11.6 Å². The van der Waals surface area contributed by atoms with E-state index in [4.69, 9.17) is 0 Å². The van der Waals surface area contributed by atoms with Gasteiger partial charge in [0.05, 0.1) is 10.9 Å². The Hall–Kier alpha value is -1.41. The van der Waals surface area contributed by atoms with Gasteiger partial charge in [0.1, 0.15) is 5.82 Å². The number of sulfonamides is 1. The predicted molar refractivity (Wildman–Crippen MR) is 94.1 cm³/mol. The highest BCUT2D eigenvalue weighted by Gasteiger charge is 2.34. The lowest BCUT2D eigenvalue weighted by molar-refractivity contribution is 0.271. The smallest absolute Gasteiger partial charge is 0.243 e. The lowest BCUT2D eigenvalue weighted by Gasteiger charge is -2.35. The first-order valence-corrected chi connectivity index (χ1v) is 10.3. The number of hydrogen-bond donors (Lipinski definition) is 1. The number of thioether (sulfide) groups is 1. The molecule has 0 bridgehead atoms. The number of nitrogens with one attached hydrogen (secondary N) is 1. The highest BCUT2D eigenvalue weighted by molar-refractivity contribution is 7.98. The number of nitrogens with zero attached hydrogens (tertiary/aromatic N) is 1. The molecule has 0 spiro atoms. The molecule has 3 rings (SSSR count). The van der Waals surface area contributed by atoms with Crippen molar-refractivity contribution in [3.8, 4) is 0 Å². The molecule has 0 aromatic heterocycles. The Kier molecular flexibility index (Phi) is 5.24. The fourth-order valence-electron chi connectivity index (χ4n) is 2.85. The van der Waals surface area contributed by atoms with Crippen molar-refractivity contribution in [2.45, 2.75) is 15.8 Å². The summed E-state index contributed by atoms with van der Waals surface area (Å²) in [4.78, 5) is 1.28. The second kappa shape index (κ2) is 7.23. The van der Waals surface area contributed by atoms with Crippen LogP contribution in [0.4, 0.5) is 4.39 Å². The van der Waals surface area contributed by atoms with Gasteiger partial charge in [0.25, 0.3) is 0 Å². The molecule has 1 heterocycles. The molecule has 2 aromatic rings. The summed E-state index contributed by atoms with van der Waals surface area (Å²) in [6.07, 6.45) is 1.94. The second-order valence-corrected chi connectivity index (χ2v) is 8.34. The maximum Gasteiger partial charge on any atom is 0.243 e. The van der Waals surface area contributed by atoms with E-state index in [0.29, 0.717) is 25.2 Å². The van der Waals surface area contributed by atoms with E-state index in [1.54, 1.807) is 48.2 Å². The first-order chi connectivity index (χ1) is 11.5. The average molecular weight is 366 g/mol. The third-order valence-corrected chi connectivity index (χ3v) is 6.76. The maximum absolute atomic E-state index is 13.6. The molecule has 2 aromatic carbocycles. The summed E-state index contributed by atoms with van der Waals surface area (Å²) in [7, 11) is -3.64. The highest BCUT2D eigenvalue weighted by Crippen LogP contribution is 2.30. The normalized spacial score (nSPS) is 19.3. The summed E-state index contributed by atoms with van der Waals surface area (Å²) in [5.41, 5.74) is 0.659. The van der Waals surface area contributed by atoms with Crippen LogP contribution in [-0.2, 0) is 10.0 Å². The summed E-state index contributed by atoms with van der Waals surface area (Å²) in [5, 5.41) is 3.19. The Morgan fingerprint density at radius 1 is 1.21 bits per heavy atom.